The first-order valence-electron chi connectivity index (χ1n) is 7.01. The topological polar surface area (TPSA) is 34.5 Å². The van der Waals surface area contributed by atoms with Crippen molar-refractivity contribution in [1.82, 2.24) is 9.47 Å². The number of hydrogen-bond acceptors (Lipinski definition) is 4. The number of fused-ring (bicyclic) bond motifs is 3. The molecule has 21 heavy (non-hydrogen) atoms. The lowest BCUT2D eigenvalue weighted by molar-refractivity contribution is 0.0908. The van der Waals surface area contributed by atoms with E-state index >= 15 is 0 Å². The Morgan fingerprint density at radius 3 is 2.86 bits per heavy atom. The van der Waals surface area contributed by atoms with Gasteiger partial charge in [-0.2, -0.15) is 0 Å². The second kappa shape index (κ2) is 5.39. The predicted octanol–water partition coefficient (Wildman–Crippen LogP) is 2.65. The summed E-state index contributed by atoms with van der Waals surface area (Å²) in [5.74, 6) is 1.99. The van der Waals surface area contributed by atoms with Crippen molar-refractivity contribution in [2.75, 3.05) is 33.5 Å². The summed E-state index contributed by atoms with van der Waals surface area (Å²) in [5.41, 5.74) is 1.88. The number of benzene rings is 1. The second-order valence-corrected chi connectivity index (χ2v) is 6.74. The minimum absolute atomic E-state index is 0.0642. The number of rotatable bonds is 3. The van der Waals surface area contributed by atoms with Crippen molar-refractivity contribution in [3.63, 3.8) is 0 Å². The van der Waals surface area contributed by atoms with E-state index in [2.05, 4.69) is 9.47 Å². The number of nitrogens with zero attached hydrogens (tertiary/aromatic N) is 2. The largest absolute Gasteiger partial charge is 0.495 e. The number of carbonyl (C=O) groups excluding carboxylic acids is 1. The highest BCUT2D eigenvalue weighted by Gasteiger charge is 2.33. The Bertz CT molecular complexity index is 706. The first-order valence-corrected chi connectivity index (χ1v) is 8.00. The molecule has 5 heteroatoms. The van der Waals surface area contributed by atoms with Crippen LogP contribution in [0.3, 0.4) is 0 Å². The Kier molecular flexibility index (Phi) is 3.71. The fourth-order valence-electron chi connectivity index (χ4n) is 3.06. The van der Waals surface area contributed by atoms with Crippen molar-refractivity contribution in [1.29, 1.82) is 0 Å². The molecule has 0 amide bonds. The minimum atomic E-state index is 0.0642. The standard InChI is InChI=1S/C16H20N2O2S/c1-17(2)8-10-9-21-16-13(15(10)19)11-6-5-7-12(20-4)14(11)18(16)3/h5-7,10H,8-9H2,1-4H3. The van der Waals surface area contributed by atoms with E-state index in [1.54, 1.807) is 18.9 Å². The second-order valence-electron chi connectivity index (χ2n) is 5.73. The number of aromatic nitrogens is 1. The summed E-state index contributed by atoms with van der Waals surface area (Å²) in [7, 11) is 7.71. The zero-order chi connectivity index (χ0) is 15.1. The first kappa shape index (κ1) is 14.5. The minimum Gasteiger partial charge on any atom is -0.495 e. The zero-order valence-electron chi connectivity index (χ0n) is 12.8. The number of ether oxygens (including phenoxy) is 1. The van der Waals surface area contributed by atoms with E-state index < -0.39 is 0 Å². The van der Waals surface area contributed by atoms with Gasteiger partial charge in [-0.25, -0.2) is 0 Å². The molecule has 0 N–H and O–H groups in total. The predicted molar refractivity (Wildman–Crippen MR) is 86.6 cm³/mol. The number of ketones is 1. The molecule has 3 rings (SSSR count). The monoisotopic (exact) mass is 304 g/mol. The highest BCUT2D eigenvalue weighted by Crippen LogP contribution is 2.41. The van der Waals surface area contributed by atoms with Crippen molar-refractivity contribution in [3.8, 4) is 5.75 Å². The Labute approximate surface area is 129 Å². The molecule has 0 saturated heterocycles. The third kappa shape index (κ3) is 2.24. The number of aryl methyl sites for hydroxylation is 1. The van der Waals surface area contributed by atoms with Crippen LogP contribution in [0.25, 0.3) is 10.9 Å². The average molecular weight is 304 g/mol. The quantitative estimate of drug-likeness (QED) is 0.873. The van der Waals surface area contributed by atoms with Gasteiger partial charge in [-0.05, 0) is 20.2 Å². The van der Waals surface area contributed by atoms with Gasteiger partial charge in [-0.1, -0.05) is 12.1 Å². The maximum Gasteiger partial charge on any atom is 0.171 e. The maximum atomic E-state index is 12.9. The molecule has 1 unspecified atom stereocenters. The summed E-state index contributed by atoms with van der Waals surface area (Å²) in [6.07, 6.45) is 0. The Morgan fingerprint density at radius 2 is 2.19 bits per heavy atom. The lowest BCUT2D eigenvalue weighted by Gasteiger charge is -2.24. The van der Waals surface area contributed by atoms with Crippen molar-refractivity contribution >= 4 is 28.4 Å². The molecular formula is C16H20N2O2S. The molecule has 4 nitrogen and oxygen atoms in total. The smallest absolute Gasteiger partial charge is 0.171 e. The van der Waals surface area contributed by atoms with E-state index in [1.807, 2.05) is 39.3 Å². The van der Waals surface area contributed by atoms with Crippen LogP contribution in [-0.2, 0) is 7.05 Å². The van der Waals surface area contributed by atoms with E-state index in [4.69, 9.17) is 4.74 Å². The van der Waals surface area contributed by atoms with E-state index in [1.165, 1.54) is 0 Å². The van der Waals surface area contributed by atoms with Gasteiger partial charge in [0.15, 0.2) is 5.78 Å². The maximum absolute atomic E-state index is 12.9. The first-order chi connectivity index (χ1) is 10.0. The molecule has 0 bridgehead atoms. The van der Waals surface area contributed by atoms with Crippen molar-refractivity contribution in [2.24, 2.45) is 13.0 Å². The van der Waals surface area contributed by atoms with Crippen LogP contribution in [0, 0.1) is 5.92 Å². The number of thioether (sulfide) groups is 1. The molecule has 1 aliphatic rings. The van der Waals surface area contributed by atoms with Crippen LogP contribution in [-0.4, -0.2) is 48.8 Å². The normalized spacial score (nSPS) is 18.3. The van der Waals surface area contributed by atoms with Gasteiger partial charge in [0.1, 0.15) is 5.75 Å². The zero-order valence-corrected chi connectivity index (χ0v) is 13.7. The molecule has 0 radical (unpaired) electrons. The van der Waals surface area contributed by atoms with Gasteiger partial charge in [0.05, 0.1) is 23.2 Å². The van der Waals surface area contributed by atoms with Gasteiger partial charge in [-0.3, -0.25) is 4.79 Å². The van der Waals surface area contributed by atoms with Crippen molar-refractivity contribution < 1.29 is 9.53 Å². The van der Waals surface area contributed by atoms with Gasteiger partial charge >= 0.3 is 0 Å². The summed E-state index contributed by atoms with van der Waals surface area (Å²) in [6, 6.07) is 5.92. The molecule has 1 aromatic carbocycles. The highest BCUT2D eigenvalue weighted by atomic mass is 32.2. The molecule has 2 heterocycles. The fraction of sp³-hybridized carbons (Fsp3) is 0.438. The van der Waals surface area contributed by atoms with Crippen LogP contribution in [0.1, 0.15) is 10.4 Å². The summed E-state index contributed by atoms with van der Waals surface area (Å²) in [4.78, 5) is 15.0. The number of Topliss-reactive ketones (excluding diaryl/α,β-unsaturated/α-hetero) is 1. The van der Waals surface area contributed by atoms with Crippen LogP contribution < -0.4 is 4.74 Å². The number of methoxy groups -OCH3 is 1. The third-order valence-electron chi connectivity index (χ3n) is 3.97. The molecule has 1 aliphatic heterocycles. The Morgan fingerprint density at radius 1 is 1.43 bits per heavy atom. The molecule has 0 spiro atoms. The van der Waals surface area contributed by atoms with Gasteiger partial charge in [-0.15, -0.1) is 11.8 Å². The molecule has 112 valence electrons. The van der Waals surface area contributed by atoms with Crippen molar-refractivity contribution in [2.45, 2.75) is 5.03 Å². The fourth-order valence-corrected chi connectivity index (χ4v) is 4.32. The van der Waals surface area contributed by atoms with Gasteiger partial charge in [0, 0.05) is 30.6 Å². The lowest BCUT2D eigenvalue weighted by atomic mass is 9.97. The molecule has 0 aliphatic carbocycles. The molecule has 0 saturated carbocycles. The molecular weight excluding hydrogens is 284 g/mol. The number of hydrogen-bond donors (Lipinski definition) is 0. The summed E-state index contributed by atoms with van der Waals surface area (Å²) in [5, 5.41) is 2.07. The molecule has 2 aromatic rings. The van der Waals surface area contributed by atoms with Crippen LogP contribution in [0.5, 0.6) is 5.75 Å². The van der Waals surface area contributed by atoms with Crippen LogP contribution >= 0.6 is 11.8 Å². The number of carbonyl (C=O) groups is 1. The van der Waals surface area contributed by atoms with Crippen LogP contribution in [0.2, 0.25) is 0 Å². The van der Waals surface area contributed by atoms with Gasteiger partial charge in [0.2, 0.25) is 0 Å². The van der Waals surface area contributed by atoms with Crippen LogP contribution in [0.15, 0.2) is 23.2 Å². The van der Waals surface area contributed by atoms with E-state index in [9.17, 15) is 4.79 Å². The van der Waals surface area contributed by atoms with E-state index in [-0.39, 0.29) is 11.7 Å². The van der Waals surface area contributed by atoms with Gasteiger partial charge in [0.25, 0.3) is 0 Å². The summed E-state index contributed by atoms with van der Waals surface area (Å²) >= 11 is 1.77. The van der Waals surface area contributed by atoms with E-state index in [0.717, 1.165) is 39.5 Å². The van der Waals surface area contributed by atoms with Gasteiger partial charge < -0.3 is 14.2 Å². The summed E-state index contributed by atoms with van der Waals surface area (Å²) in [6.45, 7) is 0.797. The molecule has 0 fully saturated rings. The third-order valence-corrected chi connectivity index (χ3v) is 5.29. The van der Waals surface area contributed by atoms with E-state index in [0.29, 0.717) is 0 Å². The highest BCUT2D eigenvalue weighted by molar-refractivity contribution is 7.99. The van der Waals surface area contributed by atoms with Crippen LogP contribution in [0.4, 0.5) is 0 Å². The Balaban J connectivity index is 2.17. The number of para-hydroxylation sites is 1. The van der Waals surface area contributed by atoms with Crippen molar-refractivity contribution in [3.05, 3.63) is 23.8 Å². The molecule has 1 atom stereocenters. The lowest BCUT2D eigenvalue weighted by Crippen LogP contribution is -2.32. The molecule has 1 aromatic heterocycles. The Hall–Kier alpha value is -1.46. The SMILES string of the molecule is COc1cccc2c3c(n(C)c12)SCC(CN(C)C)C3=O. The summed E-state index contributed by atoms with van der Waals surface area (Å²) < 4.78 is 7.56. The average Bonchev–Trinajstić information content (AvgIpc) is 2.75.